The van der Waals surface area contributed by atoms with Gasteiger partial charge >= 0.3 is 5.97 Å². The van der Waals surface area contributed by atoms with Crippen molar-refractivity contribution in [2.45, 2.75) is 38.2 Å². The topological polar surface area (TPSA) is 44.8 Å². The highest BCUT2D eigenvalue weighted by Crippen LogP contribution is 2.35. The van der Waals surface area contributed by atoms with Gasteiger partial charge in [0, 0.05) is 0 Å². The Bertz CT molecular complexity index is 732. The molecule has 1 aliphatic rings. The molecule has 0 heterocycles. The molecule has 0 aromatic heterocycles. The summed E-state index contributed by atoms with van der Waals surface area (Å²) in [5.41, 5.74) is 3.01. The molecule has 1 aliphatic carbocycles. The van der Waals surface area contributed by atoms with E-state index in [1.54, 1.807) is 7.11 Å². The standard InChI is InChI=1S/C21H24O4/c1-23-19-11-10-17(14-20(19)25-18-8-3-4-9-18)16-7-5-6-15(12-16)13-21(22)24-2/h5-7,10-12,14,18H,3-4,8-9,13H2,1-2H3. The normalized spacial score (nSPS) is 14.3. The van der Waals surface area contributed by atoms with Gasteiger partial charge in [-0.25, -0.2) is 0 Å². The minimum absolute atomic E-state index is 0.239. The number of benzene rings is 2. The molecule has 2 aromatic rings. The van der Waals surface area contributed by atoms with Crippen LogP contribution >= 0.6 is 0 Å². The van der Waals surface area contributed by atoms with Gasteiger partial charge in [-0.15, -0.1) is 0 Å². The van der Waals surface area contributed by atoms with Crippen molar-refractivity contribution in [1.82, 2.24) is 0 Å². The largest absolute Gasteiger partial charge is 0.493 e. The second-order valence-corrected chi connectivity index (χ2v) is 6.34. The van der Waals surface area contributed by atoms with Crippen molar-refractivity contribution >= 4 is 5.97 Å². The van der Waals surface area contributed by atoms with Crippen LogP contribution in [0, 0.1) is 0 Å². The van der Waals surface area contributed by atoms with Gasteiger partial charge in [0.2, 0.25) is 0 Å². The molecule has 1 saturated carbocycles. The zero-order valence-corrected chi connectivity index (χ0v) is 14.8. The van der Waals surface area contributed by atoms with Crippen LogP contribution in [0.25, 0.3) is 11.1 Å². The van der Waals surface area contributed by atoms with Crippen molar-refractivity contribution < 1.29 is 19.0 Å². The van der Waals surface area contributed by atoms with Crippen molar-refractivity contribution in [2.75, 3.05) is 14.2 Å². The quantitative estimate of drug-likeness (QED) is 0.731. The summed E-state index contributed by atoms with van der Waals surface area (Å²) in [5, 5.41) is 0. The molecule has 0 amide bonds. The van der Waals surface area contributed by atoms with Crippen molar-refractivity contribution in [3.8, 4) is 22.6 Å². The molecular formula is C21H24O4. The molecule has 132 valence electrons. The Morgan fingerprint density at radius 3 is 2.48 bits per heavy atom. The van der Waals surface area contributed by atoms with E-state index in [4.69, 9.17) is 14.2 Å². The molecule has 2 aromatic carbocycles. The number of esters is 1. The van der Waals surface area contributed by atoms with Crippen LogP contribution in [0.4, 0.5) is 0 Å². The molecule has 3 rings (SSSR count). The van der Waals surface area contributed by atoms with Crippen molar-refractivity contribution in [3.63, 3.8) is 0 Å². The molecule has 0 atom stereocenters. The third kappa shape index (κ3) is 4.32. The summed E-state index contributed by atoms with van der Waals surface area (Å²) in [4.78, 5) is 11.5. The summed E-state index contributed by atoms with van der Waals surface area (Å²) in [5.74, 6) is 1.30. The lowest BCUT2D eigenvalue weighted by atomic mass is 10.0. The number of rotatable bonds is 6. The Balaban J connectivity index is 1.86. The number of methoxy groups -OCH3 is 2. The fourth-order valence-electron chi connectivity index (χ4n) is 3.23. The molecule has 0 N–H and O–H groups in total. The summed E-state index contributed by atoms with van der Waals surface area (Å²) in [6.07, 6.45) is 5.19. The number of carbonyl (C=O) groups excluding carboxylic acids is 1. The molecule has 4 nitrogen and oxygen atoms in total. The Hall–Kier alpha value is -2.49. The monoisotopic (exact) mass is 340 g/mol. The Labute approximate surface area is 148 Å². The van der Waals surface area contributed by atoms with E-state index in [9.17, 15) is 4.79 Å². The van der Waals surface area contributed by atoms with Crippen LogP contribution in [0.5, 0.6) is 11.5 Å². The summed E-state index contributed by atoms with van der Waals surface area (Å²) in [6.45, 7) is 0. The summed E-state index contributed by atoms with van der Waals surface area (Å²) >= 11 is 0. The van der Waals surface area contributed by atoms with Gasteiger partial charge in [-0.2, -0.15) is 0 Å². The zero-order chi connectivity index (χ0) is 17.6. The van der Waals surface area contributed by atoms with Gasteiger partial charge in [0.05, 0.1) is 26.7 Å². The predicted octanol–water partition coefficient (Wildman–Crippen LogP) is 4.40. The number of ether oxygens (including phenoxy) is 3. The third-order valence-corrected chi connectivity index (χ3v) is 4.60. The van der Waals surface area contributed by atoms with E-state index in [-0.39, 0.29) is 18.5 Å². The lowest BCUT2D eigenvalue weighted by Gasteiger charge is -2.17. The van der Waals surface area contributed by atoms with E-state index in [1.807, 2.05) is 42.5 Å². The van der Waals surface area contributed by atoms with Crippen LogP contribution in [0.1, 0.15) is 31.2 Å². The van der Waals surface area contributed by atoms with Crippen LogP contribution in [0.2, 0.25) is 0 Å². The van der Waals surface area contributed by atoms with Crippen LogP contribution in [-0.4, -0.2) is 26.3 Å². The van der Waals surface area contributed by atoms with Gasteiger partial charge in [-0.1, -0.05) is 30.3 Å². The van der Waals surface area contributed by atoms with Crippen molar-refractivity contribution in [1.29, 1.82) is 0 Å². The second kappa shape index (κ2) is 8.06. The number of hydrogen-bond donors (Lipinski definition) is 0. The van der Waals surface area contributed by atoms with Gasteiger partial charge in [-0.3, -0.25) is 4.79 Å². The summed E-state index contributed by atoms with van der Waals surface area (Å²) in [6, 6.07) is 13.9. The van der Waals surface area contributed by atoms with Gasteiger partial charge in [-0.05, 0) is 54.5 Å². The average molecular weight is 340 g/mol. The molecule has 0 spiro atoms. The molecule has 25 heavy (non-hydrogen) atoms. The molecule has 4 heteroatoms. The van der Waals surface area contributed by atoms with Crippen molar-refractivity contribution in [3.05, 3.63) is 48.0 Å². The van der Waals surface area contributed by atoms with Gasteiger partial charge in [0.15, 0.2) is 11.5 Å². The molecule has 0 radical (unpaired) electrons. The first-order valence-electron chi connectivity index (χ1n) is 8.70. The van der Waals surface area contributed by atoms with Gasteiger partial charge in [0.1, 0.15) is 0 Å². The molecular weight excluding hydrogens is 316 g/mol. The van der Waals surface area contributed by atoms with E-state index in [2.05, 4.69) is 0 Å². The van der Waals surface area contributed by atoms with Crippen LogP contribution in [-0.2, 0) is 16.0 Å². The van der Waals surface area contributed by atoms with Gasteiger partial charge in [0.25, 0.3) is 0 Å². The SMILES string of the molecule is COC(=O)Cc1cccc(-c2ccc(OC)c(OC3CCCC3)c2)c1. The van der Waals surface area contributed by atoms with E-state index < -0.39 is 0 Å². The summed E-state index contributed by atoms with van der Waals surface area (Å²) < 4.78 is 16.4. The molecule has 0 bridgehead atoms. The van der Waals surface area contributed by atoms with E-state index in [0.717, 1.165) is 41.0 Å². The highest BCUT2D eigenvalue weighted by molar-refractivity contribution is 5.74. The second-order valence-electron chi connectivity index (χ2n) is 6.34. The first kappa shape index (κ1) is 17.3. The minimum Gasteiger partial charge on any atom is -0.493 e. The fourth-order valence-corrected chi connectivity index (χ4v) is 3.23. The van der Waals surface area contributed by atoms with Gasteiger partial charge < -0.3 is 14.2 Å². The zero-order valence-electron chi connectivity index (χ0n) is 14.8. The lowest BCUT2D eigenvalue weighted by Crippen LogP contribution is -2.11. The number of carbonyl (C=O) groups is 1. The van der Waals surface area contributed by atoms with Crippen LogP contribution in [0.3, 0.4) is 0 Å². The van der Waals surface area contributed by atoms with E-state index >= 15 is 0 Å². The maximum atomic E-state index is 11.5. The molecule has 0 unspecified atom stereocenters. The average Bonchev–Trinajstić information content (AvgIpc) is 3.15. The highest BCUT2D eigenvalue weighted by Gasteiger charge is 2.19. The Morgan fingerprint density at radius 1 is 1.00 bits per heavy atom. The van der Waals surface area contributed by atoms with E-state index in [0.29, 0.717) is 0 Å². The number of hydrogen-bond acceptors (Lipinski definition) is 4. The Kier molecular flexibility index (Phi) is 5.59. The maximum absolute atomic E-state index is 11.5. The summed E-state index contributed by atoms with van der Waals surface area (Å²) in [7, 11) is 3.07. The minimum atomic E-state index is -0.239. The van der Waals surface area contributed by atoms with Crippen LogP contribution < -0.4 is 9.47 Å². The highest BCUT2D eigenvalue weighted by atomic mass is 16.5. The van der Waals surface area contributed by atoms with Crippen LogP contribution in [0.15, 0.2) is 42.5 Å². The fraction of sp³-hybridized carbons (Fsp3) is 0.381. The first-order valence-corrected chi connectivity index (χ1v) is 8.70. The molecule has 0 aliphatic heterocycles. The Morgan fingerprint density at radius 2 is 1.76 bits per heavy atom. The predicted molar refractivity (Wildman–Crippen MR) is 97.0 cm³/mol. The molecule has 1 fully saturated rings. The van der Waals surface area contributed by atoms with E-state index in [1.165, 1.54) is 20.0 Å². The third-order valence-electron chi connectivity index (χ3n) is 4.60. The maximum Gasteiger partial charge on any atom is 0.309 e. The first-order chi connectivity index (χ1) is 12.2. The lowest BCUT2D eigenvalue weighted by molar-refractivity contribution is -0.139. The smallest absolute Gasteiger partial charge is 0.309 e. The van der Waals surface area contributed by atoms with Crippen molar-refractivity contribution in [2.24, 2.45) is 0 Å². The molecule has 0 saturated heterocycles.